The van der Waals surface area contributed by atoms with E-state index in [-0.39, 0.29) is 0 Å². The molecule has 0 spiro atoms. The molecule has 1 aromatic rings. The van der Waals surface area contributed by atoms with E-state index in [0.29, 0.717) is 0 Å². The van der Waals surface area contributed by atoms with Gasteiger partial charge in [0.25, 0.3) is 0 Å². The lowest BCUT2D eigenvalue weighted by atomic mass is 10.1. The van der Waals surface area contributed by atoms with Crippen molar-refractivity contribution in [1.82, 2.24) is 0 Å². The van der Waals surface area contributed by atoms with E-state index in [1.807, 2.05) is 11.8 Å². The van der Waals surface area contributed by atoms with E-state index in [9.17, 15) is 0 Å². The van der Waals surface area contributed by atoms with Gasteiger partial charge in [0.2, 0.25) is 0 Å². The van der Waals surface area contributed by atoms with Gasteiger partial charge in [-0.2, -0.15) is 11.8 Å². The van der Waals surface area contributed by atoms with Crippen LogP contribution in [0.1, 0.15) is 25.3 Å². The summed E-state index contributed by atoms with van der Waals surface area (Å²) in [4.78, 5) is 0. The highest BCUT2D eigenvalue weighted by molar-refractivity contribution is 7.98. The first-order valence-electron chi connectivity index (χ1n) is 5.68. The maximum Gasteiger partial charge on any atom is 0.0340 e. The van der Waals surface area contributed by atoms with Gasteiger partial charge in [-0.3, -0.25) is 0 Å². The lowest BCUT2D eigenvalue weighted by Crippen LogP contribution is -2.02. The minimum absolute atomic E-state index is 1.08. The van der Waals surface area contributed by atoms with E-state index in [0.717, 1.165) is 6.54 Å². The van der Waals surface area contributed by atoms with Crippen molar-refractivity contribution in [1.29, 1.82) is 0 Å². The molecular formula is C13H21NS. The number of hydrogen-bond donors (Lipinski definition) is 1. The highest BCUT2D eigenvalue weighted by Crippen LogP contribution is 2.11. The molecule has 0 aliphatic carbocycles. The van der Waals surface area contributed by atoms with E-state index < -0.39 is 0 Å². The molecule has 0 radical (unpaired) electrons. The minimum atomic E-state index is 1.08. The van der Waals surface area contributed by atoms with E-state index in [1.165, 1.54) is 36.3 Å². The zero-order valence-corrected chi connectivity index (χ0v) is 10.6. The van der Waals surface area contributed by atoms with Crippen LogP contribution in [0.2, 0.25) is 0 Å². The SMILES string of the molecule is CCCc1ccc(NCCCSC)cc1. The van der Waals surface area contributed by atoms with Gasteiger partial charge in [0.1, 0.15) is 0 Å². The summed E-state index contributed by atoms with van der Waals surface area (Å²) in [5.74, 6) is 1.24. The van der Waals surface area contributed by atoms with Crippen LogP contribution >= 0.6 is 11.8 Å². The van der Waals surface area contributed by atoms with Crippen molar-refractivity contribution in [2.75, 3.05) is 23.9 Å². The Hall–Kier alpha value is -0.630. The topological polar surface area (TPSA) is 12.0 Å². The molecule has 2 heteroatoms. The molecular weight excluding hydrogens is 202 g/mol. The Kier molecular flexibility index (Phi) is 6.33. The Morgan fingerprint density at radius 3 is 2.53 bits per heavy atom. The smallest absolute Gasteiger partial charge is 0.0340 e. The highest BCUT2D eigenvalue weighted by Gasteiger charge is 1.93. The van der Waals surface area contributed by atoms with Gasteiger partial charge < -0.3 is 5.32 Å². The maximum atomic E-state index is 3.44. The normalized spacial score (nSPS) is 10.3. The molecule has 0 aliphatic heterocycles. The van der Waals surface area contributed by atoms with Crippen molar-refractivity contribution in [2.24, 2.45) is 0 Å². The predicted octanol–water partition coefficient (Wildman–Crippen LogP) is 3.80. The zero-order valence-electron chi connectivity index (χ0n) is 9.75. The molecule has 84 valence electrons. The summed E-state index contributed by atoms with van der Waals surface area (Å²) in [6.07, 6.45) is 5.80. The van der Waals surface area contributed by atoms with Gasteiger partial charge in [-0.15, -0.1) is 0 Å². The van der Waals surface area contributed by atoms with E-state index in [2.05, 4.69) is 42.8 Å². The van der Waals surface area contributed by atoms with Crippen LogP contribution in [0, 0.1) is 0 Å². The third kappa shape index (κ3) is 5.12. The molecule has 0 bridgehead atoms. The molecule has 0 unspecified atom stereocenters. The summed E-state index contributed by atoms with van der Waals surface area (Å²) in [6, 6.07) is 8.81. The second-order valence-corrected chi connectivity index (χ2v) is 4.71. The van der Waals surface area contributed by atoms with Crippen LogP contribution in [0.4, 0.5) is 5.69 Å². The molecule has 1 nitrogen and oxygen atoms in total. The van der Waals surface area contributed by atoms with Gasteiger partial charge in [0, 0.05) is 12.2 Å². The van der Waals surface area contributed by atoms with E-state index in [1.54, 1.807) is 0 Å². The number of nitrogens with one attached hydrogen (secondary N) is 1. The minimum Gasteiger partial charge on any atom is -0.385 e. The Morgan fingerprint density at radius 1 is 1.20 bits per heavy atom. The fraction of sp³-hybridized carbons (Fsp3) is 0.538. The fourth-order valence-electron chi connectivity index (χ4n) is 1.53. The van der Waals surface area contributed by atoms with Crippen molar-refractivity contribution in [3.05, 3.63) is 29.8 Å². The van der Waals surface area contributed by atoms with Crippen molar-refractivity contribution in [3.63, 3.8) is 0 Å². The van der Waals surface area contributed by atoms with Crippen LogP contribution in [-0.2, 0) is 6.42 Å². The Balaban J connectivity index is 2.29. The molecule has 0 aromatic heterocycles. The van der Waals surface area contributed by atoms with Crippen molar-refractivity contribution in [3.8, 4) is 0 Å². The number of rotatable bonds is 7. The first kappa shape index (κ1) is 12.4. The van der Waals surface area contributed by atoms with Gasteiger partial charge in [-0.25, -0.2) is 0 Å². The van der Waals surface area contributed by atoms with Crippen LogP contribution in [0.3, 0.4) is 0 Å². The average molecular weight is 223 g/mol. The second-order valence-electron chi connectivity index (χ2n) is 3.72. The van der Waals surface area contributed by atoms with Crippen molar-refractivity contribution in [2.45, 2.75) is 26.2 Å². The number of aryl methyl sites for hydroxylation is 1. The zero-order chi connectivity index (χ0) is 10.9. The first-order valence-corrected chi connectivity index (χ1v) is 7.08. The lowest BCUT2D eigenvalue weighted by Gasteiger charge is -2.06. The van der Waals surface area contributed by atoms with Crippen LogP contribution in [0.5, 0.6) is 0 Å². The van der Waals surface area contributed by atoms with Crippen LogP contribution in [-0.4, -0.2) is 18.6 Å². The number of benzene rings is 1. The van der Waals surface area contributed by atoms with Crippen molar-refractivity contribution < 1.29 is 0 Å². The average Bonchev–Trinajstić information content (AvgIpc) is 2.27. The molecule has 0 aliphatic rings. The quantitative estimate of drug-likeness (QED) is 0.706. The van der Waals surface area contributed by atoms with Crippen LogP contribution in [0.15, 0.2) is 24.3 Å². The lowest BCUT2D eigenvalue weighted by molar-refractivity contribution is 0.921. The predicted molar refractivity (Wildman–Crippen MR) is 71.9 cm³/mol. The van der Waals surface area contributed by atoms with Gasteiger partial charge in [-0.05, 0) is 42.5 Å². The maximum absolute atomic E-state index is 3.44. The van der Waals surface area contributed by atoms with Crippen LogP contribution in [0.25, 0.3) is 0 Å². The monoisotopic (exact) mass is 223 g/mol. The van der Waals surface area contributed by atoms with Gasteiger partial charge >= 0.3 is 0 Å². The first-order chi connectivity index (χ1) is 7.36. The summed E-state index contributed by atoms with van der Waals surface area (Å²) in [5, 5.41) is 3.44. The van der Waals surface area contributed by atoms with Gasteiger partial charge in [0.05, 0.1) is 0 Å². The summed E-state index contributed by atoms with van der Waals surface area (Å²) in [7, 11) is 0. The summed E-state index contributed by atoms with van der Waals surface area (Å²) in [6.45, 7) is 3.29. The fourth-order valence-corrected chi connectivity index (χ4v) is 1.96. The Bertz CT molecular complexity index is 256. The Labute approximate surface area is 97.7 Å². The number of hydrogen-bond acceptors (Lipinski definition) is 2. The molecule has 0 amide bonds. The largest absolute Gasteiger partial charge is 0.385 e. The molecule has 0 heterocycles. The van der Waals surface area contributed by atoms with Crippen LogP contribution < -0.4 is 5.32 Å². The summed E-state index contributed by atoms with van der Waals surface area (Å²) in [5.41, 5.74) is 2.68. The van der Waals surface area contributed by atoms with Gasteiger partial charge in [0.15, 0.2) is 0 Å². The summed E-state index contributed by atoms with van der Waals surface area (Å²) < 4.78 is 0. The molecule has 1 rings (SSSR count). The van der Waals surface area contributed by atoms with E-state index in [4.69, 9.17) is 0 Å². The molecule has 0 saturated heterocycles. The molecule has 1 N–H and O–H groups in total. The number of anilines is 1. The molecule has 0 fully saturated rings. The molecule has 0 atom stereocenters. The molecule has 0 saturated carbocycles. The second kappa shape index (κ2) is 7.63. The highest BCUT2D eigenvalue weighted by atomic mass is 32.2. The standard InChI is InChI=1S/C13H21NS/c1-3-5-12-6-8-13(9-7-12)14-10-4-11-15-2/h6-9,14H,3-5,10-11H2,1-2H3. The Morgan fingerprint density at radius 2 is 1.93 bits per heavy atom. The third-order valence-corrected chi connectivity index (χ3v) is 3.04. The summed E-state index contributed by atoms with van der Waals surface area (Å²) >= 11 is 1.91. The van der Waals surface area contributed by atoms with Crippen molar-refractivity contribution >= 4 is 17.4 Å². The molecule has 15 heavy (non-hydrogen) atoms. The third-order valence-electron chi connectivity index (χ3n) is 2.35. The van der Waals surface area contributed by atoms with E-state index >= 15 is 0 Å². The number of thioether (sulfide) groups is 1. The molecule has 1 aromatic carbocycles. The van der Waals surface area contributed by atoms with Gasteiger partial charge in [-0.1, -0.05) is 25.5 Å².